The maximum atomic E-state index is 13.0. The van der Waals surface area contributed by atoms with Crippen LogP contribution in [-0.4, -0.2) is 13.4 Å². The van der Waals surface area contributed by atoms with E-state index in [0.29, 0.717) is 10.7 Å². The number of pyridine rings is 1. The zero-order valence-electron chi connectivity index (χ0n) is 16.2. The third kappa shape index (κ3) is 3.88. The van der Waals surface area contributed by atoms with Gasteiger partial charge in [0, 0.05) is 26.5 Å². The van der Waals surface area contributed by atoms with Crippen molar-refractivity contribution < 1.29 is 8.42 Å². The Morgan fingerprint density at radius 3 is 2.48 bits per heavy atom. The van der Waals surface area contributed by atoms with Crippen molar-refractivity contribution in [1.82, 2.24) is 4.98 Å². The van der Waals surface area contributed by atoms with E-state index in [-0.39, 0.29) is 4.90 Å². The number of nitrogens with one attached hydrogen (secondary N) is 1. The molecule has 0 aliphatic heterocycles. The topological polar surface area (TPSA) is 59.1 Å². The number of thiophene rings is 1. The number of rotatable bonds is 4. The quantitative estimate of drug-likeness (QED) is 0.401. The highest BCUT2D eigenvalue weighted by Gasteiger charge is 2.21. The van der Waals surface area contributed by atoms with Crippen LogP contribution in [0.4, 0.5) is 5.69 Å². The molecule has 0 saturated heterocycles. The van der Waals surface area contributed by atoms with Crippen LogP contribution in [0.1, 0.15) is 16.1 Å². The van der Waals surface area contributed by atoms with Gasteiger partial charge in [0.15, 0.2) is 0 Å². The van der Waals surface area contributed by atoms with Crippen molar-refractivity contribution >= 4 is 48.9 Å². The van der Waals surface area contributed by atoms with Crippen LogP contribution in [-0.2, 0) is 10.0 Å². The molecule has 0 spiro atoms. The Labute approximate surface area is 179 Å². The van der Waals surface area contributed by atoms with Gasteiger partial charge in [-0.05, 0) is 50.6 Å². The zero-order valence-corrected chi connectivity index (χ0v) is 18.5. The lowest BCUT2D eigenvalue weighted by Gasteiger charge is -2.12. The number of hydrogen-bond acceptors (Lipinski definition) is 4. The maximum Gasteiger partial charge on any atom is 0.261 e. The van der Waals surface area contributed by atoms with Crippen LogP contribution in [0.5, 0.6) is 0 Å². The predicted octanol–water partition coefficient (Wildman–Crippen LogP) is 6.34. The molecule has 0 unspecified atom stereocenters. The second kappa shape index (κ2) is 7.44. The number of hydrogen-bond donors (Lipinski definition) is 1. The fraction of sp³-hybridized carbons (Fsp3) is 0.136. The van der Waals surface area contributed by atoms with Gasteiger partial charge in [-0.15, -0.1) is 11.3 Å². The van der Waals surface area contributed by atoms with E-state index in [1.54, 1.807) is 29.5 Å². The molecule has 7 heteroatoms. The van der Waals surface area contributed by atoms with E-state index < -0.39 is 10.0 Å². The number of benzene rings is 2. The van der Waals surface area contributed by atoms with E-state index in [9.17, 15) is 8.42 Å². The average Bonchev–Trinajstić information content (AvgIpc) is 2.97. The van der Waals surface area contributed by atoms with Crippen LogP contribution in [0.25, 0.3) is 21.3 Å². The second-order valence-corrected chi connectivity index (χ2v) is 10.3. The zero-order chi connectivity index (χ0) is 20.8. The summed E-state index contributed by atoms with van der Waals surface area (Å²) in [5, 5.41) is 1.19. The van der Waals surface area contributed by atoms with Gasteiger partial charge in [-0.1, -0.05) is 47.5 Å². The molecule has 0 amide bonds. The van der Waals surface area contributed by atoms with Gasteiger partial charge in [0.2, 0.25) is 0 Å². The molecular formula is C22H19ClN2O2S2. The number of aromatic nitrogens is 1. The SMILES string of the molecule is Cc1cccc(-c2c(C)sc3nc(C)cc(NS(=O)(=O)c4cccc(Cl)c4)c23)c1. The number of aryl methyl sites for hydroxylation is 3. The van der Waals surface area contributed by atoms with E-state index >= 15 is 0 Å². The highest BCUT2D eigenvalue weighted by molar-refractivity contribution is 7.92. The molecule has 148 valence electrons. The van der Waals surface area contributed by atoms with Gasteiger partial charge >= 0.3 is 0 Å². The molecular weight excluding hydrogens is 424 g/mol. The molecule has 0 aliphatic carbocycles. The first kappa shape index (κ1) is 19.9. The van der Waals surface area contributed by atoms with Crippen LogP contribution in [0.2, 0.25) is 5.02 Å². The van der Waals surface area contributed by atoms with Gasteiger partial charge in [-0.25, -0.2) is 13.4 Å². The van der Waals surface area contributed by atoms with Crippen molar-refractivity contribution in [2.75, 3.05) is 4.72 Å². The Kier molecular flexibility index (Phi) is 5.11. The minimum atomic E-state index is -3.80. The lowest BCUT2D eigenvalue weighted by molar-refractivity contribution is 0.601. The second-order valence-electron chi connectivity index (χ2n) is 6.96. The standard InChI is InChI=1S/C22H19ClN2O2S2/c1-13-6-4-7-16(10-13)20-15(3)28-22-21(20)19(11-14(2)24-22)25-29(26,27)18-9-5-8-17(23)12-18/h4-12H,1-3H3,(H,24,25). The molecule has 0 atom stereocenters. The lowest BCUT2D eigenvalue weighted by Crippen LogP contribution is -2.13. The Morgan fingerprint density at radius 1 is 1.00 bits per heavy atom. The third-order valence-corrected chi connectivity index (χ3v) is 7.22. The fourth-order valence-corrected chi connectivity index (χ4v) is 5.88. The molecule has 2 heterocycles. The summed E-state index contributed by atoms with van der Waals surface area (Å²) in [7, 11) is -3.80. The summed E-state index contributed by atoms with van der Waals surface area (Å²) in [6.45, 7) is 5.94. The molecule has 0 fully saturated rings. The predicted molar refractivity (Wildman–Crippen MR) is 122 cm³/mol. The van der Waals surface area contributed by atoms with E-state index in [4.69, 9.17) is 11.6 Å². The van der Waals surface area contributed by atoms with Crippen molar-refractivity contribution in [1.29, 1.82) is 0 Å². The third-order valence-electron chi connectivity index (χ3n) is 4.62. The minimum absolute atomic E-state index is 0.122. The summed E-state index contributed by atoms with van der Waals surface area (Å²) >= 11 is 7.56. The first-order valence-electron chi connectivity index (χ1n) is 9.01. The van der Waals surface area contributed by atoms with Gasteiger partial charge < -0.3 is 0 Å². The largest absolute Gasteiger partial charge is 0.279 e. The van der Waals surface area contributed by atoms with Crippen LogP contribution >= 0.6 is 22.9 Å². The normalized spacial score (nSPS) is 11.7. The van der Waals surface area contributed by atoms with Crippen molar-refractivity contribution in [2.45, 2.75) is 25.7 Å². The van der Waals surface area contributed by atoms with Gasteiger partial charge in [-0.3, -0.25) is 4.72 Å². The number of sulfonamides is 1. The van der Waals surface area contributed by atoms with Gasteiger partial charge in [0.25, 0.3) is 10.0 Å². The lowest BCUT2D eigenvalue weighted by atomic mass is 10.0. The summed E-state index contributed by atoms with van der Waals surface area (Å²) < 4.78 is 28.8. The Balaban J connectivity index is 1.93. The Hall–Kier alpha value is -2.41. The van der Waals surface area contributed by atoms with Crippen LogP contribution in [0.15, 0.2) is 59.5 Å². The highest BCUT2D eigenvalue weighted by atomic mass is 35.5. The van der Waals surface area contributed by atoms with E-state index in [1.165, 1.54) is 12.1 Å². The molecule has 4 rings (SSSR count). The molecule has 2 aromatic heterocycles. The number of nitrogens with zero attached hydrogens (tertiary/aromatic N) is 1. The molecule has 29 heavy (non-hydrogen) atoms. The number of anilines is 1. The monoisotopic (exact) mass is 442 g/mol. The number of fused-ring (bicyclic) bond motifs is 1. The Morgan fingerprint density at radius 2 is 1.76 bits per heavy atom. The molecule has 0 radical (unpaired) electrons. The highest BCUT2D eigenvalue weighted by Crippen LogP contribution is 2.42. The van der Waals surface area contributed by atoms with Gasteiger partial charge in [0.1, 0.15) is 4.83 Å². The van der Waals surface area contributed by atoms with Gasteiger partial charge in [0.05, 0.1) is 10.6 Å². The van der Waals surface area contributed by atoms with Crippen LogP contribution < -0.4 is 4.72 Å². The average molecular weight is 443 g/mol. The molecule has 2 aromatic carbocycles. The van der Waals surface area contributed by atoms with E-state index in [2.05, 4.69) is 15.8 Å². The van der Waals surface area contributed by atoms with Crippen molar-refractivity contribution in [2.24, 2.45) is 0 Å². The van der Waals surface area contributed by atoms with Crippen molar-refractivity contribution in [3.05, 3.63) is 75.8 Å². The summed E-state index contributed by atoms with van der Waals surface area (Å²) in [5.74, 6) is 0. The first-order chi connectivity index (χ1) is 13.7. The molecule has 1 N–H and O–H groups in total. The number of halogens is 1. The summed E-state index contributed by atoms with van der Waals surface area (Å²) in [6.07, 6.45) is 0. The van der Waals surface area contributed by atoms with Crippen molar-refractivity contribution in [3.8, 4) is 11.1 Å². The maximum absolute atomic E-state index is 13.0. The van der Waals surface area contributed by atoms with E-state index in [1.807, 2.05) is 39.0 Å². The molecule has 0 bridgehead atoms. The summed E-state index contributed by atoms with van der Waals surface area (Å²) in [5.41, 5.74) is 4.46. The smallest absolute Gasteiger partial charge is 0.261 e. The molecule has 0 saturated carbocycles. The van der Waals surface area contributed by atoms with Crippen LogP contribution in [0, 0.1) is 20.8 Å². The van der Waals surface area contributed by atoms with Gasteiger partial charge in [-0.2, -0.15) is 0 Å². The first-order valence-corrected chi connectivity index (χ1v) is 11.7. The summed E-state index contributed by atoms with van der Waals surface area (Å²) in [6, 6.07) is 16.2. The molecule has 4 aromatic rings. The molecule has 4 nitrogen and oxygen atoms in total. The summed E-state index contributed by atoms with van der Waals surface area (Å²) in [4.78, 5) is 6.66. The van der Waals surface area contributed by atoms with E-state index in [0.717, 1.165) is 37.5 Å². The molecule has 0 aliphatic rings. The van der Waals surface area contributed by atoms with Crippen LogP contribution in [0.3, 0.4) is 0 Å². The Bertz CT molecular complexity index is 1340. The fourth-order valence-electron chi connectivity index (χ4n) is 3.40. The van der Waals surface area contributed by atoms with Crippen molar-refractivity contribution in [3.63, 3.8) is 0 Å². The minimum Gasteiger partial charge on any atom is -0.279 e.